The van der Waals surface area contributed by atoms with Gasteiger partial charge in [0.15, 0.2) is 0 Å². The minimum absolute atomic E-state index is 0. The molecule has 0 aliphatic carbocycles. The van der Waals surface area contributed by atoms with Crippen molar-refractivity contribution in [3.8, 4) is 0 Å². The molecule has 0 aliphatic rings. The summed E-state index contributed by atoms with van der Waals surface area (Å²) in [6.45, 7) is 0. The third-order valence-electron chi connectivity index (χ3n) is 2.19. The zero-order valence-corrected chi connectivity index (χ0v) is 10.7. The smallest absolute Gasteiger partial charge is 0.793 e. The van der Waals surface area contributed by atoms with E-state index in [1.165, 1.54) is 0 Å². The van der Waals surface area contributed by atoms with Crippen LogP contribution < -0.4 is 15.5 Å². The van der Waals surface area contributed by atoms with Crippen LogP contribution in [0.1, 0.15) is 0 Å². The van der Waals surface area contributed by atoms with Gasteiger partial charge in [0.25, 0.3) is 0 Å². The molecule has 16 heavy (non-hydrogen) atoms. The average Bonchev–Trinajstić information content (AvgIpc) is 2.31. The second-order valence-corrected chi connectivity index (χ2v) is 5.36. The van der Waals surface area contributed by atoms with Crippen LogP contribution >= 0.6 is 7.37 Å². The maximum absolute atomic E-state index is 12.1. The van der Waals surface area contributed by atoms with Crippen molar-refractivity contribution in [3.63, 3.8) is 0 Å². The van der Waals surface area contributed by atoms with Crippen molar-refractivity contribution < 1.29 is 31.8 Å². The molecule has 0 saturated carbocycles. The number of rotatable bonds is 2. The fraction of sp³-hybridized carbons (Fsp3) is 0. The van der Waals surface area contributed by atoms with Crippen LogP contribution in [0.4, 0.5) is 0 Å². The summed E-state index contributed by atoms with van der Waals surface area (Å²) in [5.41, 5.74) is 0. The van der Waals surface area contributed by atoms with Crippen molar-refractivity contribution >= 4 is 18.0 Å². The Morgan fingerprint density at radius 3 is 1.38 bits per heavy atom. The molecule has 4 heteroatoms. The molecular weight excluding hydrogens is 315 g/mol. The van der Waals surface area contributed by atoms with E-state index in [0.717, 1.165) is 0 Å². The van der Waals surface area contributed by atoms with Crippen LogP contribution in [0.5, 0.6) is 0 Å². The molecule has 2 nitrogen and oxygen atoms in total. The summed E-state index contributed by atoms with van der Waals surface area (Å²) < 4.78 is 12.1. The van der Waals surface area contributed by atoms with E-state index in [9.17, 15) is 9.46 Å². The van der Waals surface area contributed by atoms with Gasteiger partial charge in [-0.3, -0.25) is 0 Å². The van der Waals surface area contributed by atoms with Gasteiger partial charge in [-0.2, -0.15) is 0 Å². The van der Waals surface area contributed by atoms with Gasteiger partial charge in [-0.05, 0) is 0 Å². The molecule has 0 aromatic heterocycles. The monoisotopic (exact) mass is 324 g/mol. The molecule has 0 amide bonds. The first-order valence-electron chi connectivity index (χ1n) is 4.63. The van der Waals surface area contributed by atoms with Crippen molar-refractivity contribution in [1.82, 2.24) is 0 Å². The molecule has 0 aliphatic heterocycles. The molecule has 0 fully saturated rings. The largest absolute Gasteiger partial charge is 1.00 e. The minimum Gasteiger partial charge on any atom is -0.793 e. The fourth-order valence-electron chi connectivity index (χ4n) is 1.40. The van der Waals surface area contributed by atoms with Crippen LogP contribution in [0, 0.1) is 0 Å². The van der Waals surface area contributed by atoms with E-state index in [1.54, 1.807) is 60.7 Å². The van der Waals surface area contributed by atoms with E-state index in [2.05, 4.69) is 0 Å². The number of hydrogen-bond donors (Lipinski definition) is 0. The van der Waals surface area contributed by atoms with E-state index in [0.29, 0.717) is 10.6 Å². The van der Waals surface area contributed by atoms with Crippen LogP contribution in [-0.4, -0.2) is 0 Å². The Morgan fingerprint density at radius 2 is 1.06 bits per heavy atom. The van der Waals surface area contributed by atoms with E-state index in [4.69, 9.17) is 0 Å². The van der Waals surface area contributed by atoms with E-state index < -0.39 is 7.37 Å². The molecule has 0 saturated heterocycles. The topological polar surface area (TPSA) is 40.1 Å². The summed E-state index contributed by atoms with van der Waals surface area (Å²) >= 11 is 0. The van der Waals surface area contributed by atoms with Crippen molar-refractivity contribution in [2.45, 2.75) is 0 Å². The number of benzene rings is 2. The Morgan fingerprint density at radius 1 is 0.750 bits per heavy atom. The molecule has 2 aromatic rings. The molecule has 2 rings (SSSR count). The van der Waals surface area contributed by atoms with Crippen molar-refractivity contribution in [2.24, 2.45) is 0 Å². The molecule has 86 valence electrons. The summed E-state index contributed by atoms with van der Waals surface area (Å²) in [6, 6.07) is 16.9. The first-order valence-corrected chi connectivity index (χ1v) is 6.26. The molecule has 0 unspecified atom stereocenters. The first-order chi connectivity index (χ1) is 7.21. The fourth-order valence-corrected chi connectivity index (χ4v) is 2.82. The normalized spacial score (nSPS) is 10.6. The molecule has 0 bridgehead atoms. The third-order valence-corrected chi connectivity index (χ3v) is 4.15. The second kappa shape index (κ2) is 5.63. The van der Waals surface area contributed by atoms with Crippen molar-refractivity contribution in [2.75, 3.05) is 0 Å². The second-order valence-electron chi connectivity index (χ2n) is 3.22. The third kappa shape index (κ3) is 2.73. The van der Waals surface area contributed by atoms with E-state index >= 15 is 0 Å². The Kier molecular flexibility index (Phi) is 4.72. The summed E-state index contributed by atoms with van der Waals surface area (Å²) in [5.74, 6) is 0. The Hall–Kier alpha value is -0.630. The Labute approximate surface area is 110 Å². The quantitative estimate of drug-likeness (QED) is 0.616. The van der Waals surface area contributed by atoms with Gasteiger partial charge in [0.05, 0.1) is 7.37 Å². The van der Waals surface area contributed by atoms with Gasteiger partial charge in [-0.1, -0.05) is 60.7 Å². The van der Waals surface area contributed by atoms with Gasteiger partial charge in [0, 0.05) is 10.6 Å². The molecule has 0 radical (unpaired) electrons. The van der Waals surface area contributed by atoms with Crippen LogP contribution in [0.2, 0.25) is 0 Å². The van der Waals surface area contributed by atoms with E-state index in [1.807, 2.05) is 0 Å². The van der Waals surface area contributed by atoms with Gasteiger partial charge in [0.1, 0.15) is 0 Å². The standard InChI is InChI=1S/C12H11O2P.Ag/c13-15(14,11-7-3-1-4-8-11)12-9-5-2-6-10-12;/h1-10H,(H,13,14);/q;+1/p-1. The first kappa shape index (κ1) is 13.4. The summed E-state index contributed by atoms with van der Waals surface area (Å²) in [5, 5.41) is 0.715. The van der Waals surface area contributed by atoms with Crippen LogP contribution in [0.3, 0.4) is 0 Å². The van der Waals surface area contributed by atoms with Gasteiger partial charge >= 0.3 is 22.4 Å². The SMILES string of the molecule is O=P([O-])(c1ccccc1)c1ccccc1.[Ag+]. The molecule has 0 N–H and O–H groups in total. The molecule has 0 heterocycles. The van der Waals surface area contributed by atoms with Crippen LogP contribution in [-0.2, 0) is 26.9 Å². The van der Waals surface area contributed by atoms with Crippen molar-refractivity contribution in [3.05, 3.63) is 60.7 Å². The predicted octanol–water partition coefficient (Wildman–Crippen LogP) is 1.27. The summed E-state index contributed by atoms with van der Waals surface area (Å²) in [7, 11) is -3.65. The molecule has 0 atom stereocenters. The Balaban J connectivity index is 0.00000128. The van der Waals surface area contributed by atoms with Crippen molar-refractivity contribution in [1.29, 1.82) is 0 Å². The maximum atomic E-state index is 12.1. The van der Waals surface area contributed by atoms with Crippen LogP contribution in [0.25, 0.3) is 0 Å². The number of hydrogen-bond acceptors (Lipinski definition) is 2. The molecular formula is C12H10AgO2P. The van der Waals surface area contributed by atoms with Gasteiger partial charge in [-0.15, -0.1) is 0 Å². The molecule has 2 aromatic carbocycles. The zero-order valence-electron chi connectivity index (χ0n) is 8.34. The summed E-state index contributed by atoms with van der Waals surface area (Å²) in [6.07, 6.45) is 0. The Bertz CT molecular complexity index is 441. The predicted molar refractivity (Wildman–Crippen MR) is 59.8 cm³/mol. The average molecular weight is 325 g/mol. The molecule has 0 spiro atoms. The maximum Gasteiger partial charge on any atom is 1.00 e. The van der Waals surface area contributed by atoms with E-state index in [-0.39, 0.29) is 22.4 Å². The van der Waals surface area contributed by atoms with Crippen LogP contribution in [0.15, 0.2) is 60.7 Å². The summed E-state index contributed by atoms with van der Waals surface area (Å²) in [4.78, 5) is 12.1. The zero-order chi connectivity index (χ0) is 10.7. The van der Waals surface area contributed by atoms with Gasteiger partial charge < -0.3 is 9.46 Å². The minimum atomic E-state index is -3.65. The van der Waals surface area contributed by atoms with Gasteiger partial charge in [0.2, 0.25) is 0 Å². The van der Waals surface area contributed by atoms with Gasteiger partial charge in [-0.25, -0.2) is 0 Å².